The van der Waals surface area contributed by atoms with E-state index in [0.29, 0.717) is 6.42 Å². The maximum Gasteiger partial charge on any atom is 0.389 e. The molecule has 4 nitrogen and oxygen atoms in total. The van der Waals surface area contributed by atoms with Crippen molar-refractivity contribution in [3.63, 3.8) is 0 Å². The molecule has 0 fully saturated rings. The number of hydrogen-bond acceptors (Lipinski definition) is 3. The first-order valence-electron chi connectivity index (χ1n) is 5.73. The number of halogens is 3. The van der Waals surface area contributed by atoms with Gasteiger partial charge in [0.15, 0.2) is 0 Å². The van der Waals surface area contributed by atoms with Gasteiger partial charge in [0.1, 0.15) is 0 Å². The van der Waals surface area contributed by atoms with Crippen molar-refractivity contribution < 1.29 is 26.7 Å². The third kappa shape index (κ3) is 9.67. The molecule has 0 aromatic rings. The number of nitrogens with one attached hydrogen (secondary N) is 1. The first-order chi connectivity index (χ1) is 8.06. The summed E-state index contributed by atoms with van der Waals surface area (Å²) >= 11 is 0. The highest BCUT2D eigenvalue weighted by Gasteiger charge is 2.28. The second-order valence-corrected chi connectivity index (χ2v) is 6.54. The zero-order valence-electron chi connectivity index (χ0n) is 10.5. The maximum atomic E-state index is 11.9. The smallest absolute Gasteiger partial charge is 0.389 e. The molecule has 2 N–H and O–H groups in total. The molecule has 0 aliphatic carbocycles. The molecule has 0 radical (unpaired) electrons. The van der Waals surface area contributed by atoms with E-state index in [9.17, 15) is 21.6 Å². The minimum absolute atomic E-state index is 0.181. The summed E-state index contributed by atoms with van der Waals surface area (Å²) in [6.07, 6.45) is -5.50. The Balaban J connectivity index is 4.21. The number of aliphatic hydroxyl groups excluding tert-OH is 1. The summed E-state index contributed by atoms with van der Waals surface area (Å²) in [5, 5.41) is 8.99. The van der Waals surface area contributed by atoms with Crippen molar-refractivity contribution in [3.8, 4) is 0 Å². The lowest BCUT2D eigenvalue weighted by Gasteiger charge is -2.18. The number of alkyl halides is 3. The molecule has 0 aromatic carbocycles. The van der Waals surface area contributed by atoms with E-state index >= 15 is 0 Å². The van der Waals surface area contributed by atoms with Crippen LogP contribution < -0.4 is 4.72 Å². The number of rotatable bonds is 8. The van der Waals surface area contributed by atoms with Crippen LogP contribution in [0.25, 0.3) is 0 Å². The fraction of sp³-hybridized carbons (Fsp3) is 1.00. The summed E-state index contributed by atoms with van der Waals surface area (Å²) in [5.41, 5.74) is 0. The average molecular weight is 291 g/mol. The van der Waals surface area contributed by atoms with Crippen LogP contribution in [-0.4, -0.2) is 38.1 Å². The number of sulfonamides is 1. The predicted molar refractivity (Wildman–Crippen MR) is 62.5 cm³/mol. The van der Waals surface area contributed by atoms with Gasteiger partial charge in [0, 0.05) is 12.5 Å². The van der Waals surface area contributed by atoms with Gasteiger partial charge in [-0.25, -0.2) is 13.1 Å². The number of hydrogen-bond donors (Lipinski definition) is 2. The van der Waals surface area contributed by atoms with Crippen LogP contribution in [0.1, 0.15) is 33.1 Å². The molecule has 0 saturated heterocycles. The van der Waals surface area contributed by atoms with Crippen LogP contribution in [0.15, 0.2) is 0 Å². The van der Waals surface area contributed by atoms with Crippen LogP contribution in [0.3, 0.4) is 0 Å². The van der Waals surface area contributed by atoms with E-state index in [0.717, 1.165) is 0 Å². The lowest BCUT2D eigenvalue weighted by molar-refractivity contribution is -0.134. The van der Waals surface area contributed by atoms with E-state index < -0.39 is 40.8 Å². The quantitative estimate of drug-likeness (QED) is 0.714. The highest BCUT2D eigenvalue weighted by atomic mass is 32.2. The Hall–Kier alpha value is -0.340. The Morgan fingerprint density at radius 2 is 1.83 bits per heavy atom. The van der Waals surface area contributed by atoms with E-state index in [1.165, 1.54) is 0 Å². The molecule has 0 aliphatic heterocycles. The monoisotopic (exact) mass is 291 g/mol. The van der Waals surface area contributed by atoms with Gasteiger partial charge in [-0.3, -0.25) is 0 Å². The topological polar surface area (TPSA) is 66.4 Å². The second kappa shape index (κ2) is 7.30. The van der Waals surface area contributed by atoms with E-state index in [2.05, 4.69) is 4.72 Å². The zero-order valence-corrected chi connectivity index (χ0v) is 11.3. The maximum absolute atomic E-state index is 11.9. The molecule has 1 atom stereocenters. The van der Waals surface area contributed by atoms with Crippen molar-refractivity contribution in [1.29, 1.82) is 0 Å². The van der Waals surface area contributed by atoms with Gasteiger partial charge in [0.05, 0.1) is 12.4 Å². The molecule has 8 heteroatoms. The van der Waals surface area contributed by atoms with Crippen LogP contribution in [0.2, 0.25) is 0 Å². The molecular weight excluding hydrogens is 271 g/mol. The van der Waals surface area contributed by atoms with Crippen LogP contribution >= 0.6 is 0 Å². The van der Waals surface area contributed by atoms with Gasteiger partial charge < -0.3 is 5.11 Å². The van der Waals surface area contributed by atoms with E-state index in [4.69, 9.17) is 5.11 Å². The van der Waals surface area contributed by atoms with Gasteiger partial charge in [0.2, 0.25) is 10.0 Å². The van der Waals surface area contributed by atoms with Gasteiger partial charge in [0.25, 0.3) is 0 Å². The summed E-state index contributed by atoms with van der Waals surface area (Å²) in [5.74, 6) is -0.402. The molecule has 0 rings (SSSR count). The third-order valence-corrected chi connectivity index (χ3v) is 3.71. The molecule has 0 bridgehead atoms. The molecule has 1 unspecified atom stereocenters. The predicted octanol–water partition coefficient (Wildman–Crippen LogP) is 1.66. The van der Waals surface area contributed by atoms with Crippen LogP contribution in [0.4, 0.5) is 13.2 Å². The van der Waals surface area contributed by atoms with Crippen LogP contribution in [-0.2, 0) is 10.0 Å². The summed E-state index contributed by atoms with van der Waals surface area (Å²) < 4.78 is 60.8. The lowest BCUT2D eigenvalue weighted by atomic mass is 10.1. The summed E-state index contributed by atoms with van der Waals surface area (Å²) in [6, 6.07) is -0.638. The Labute approximate surface area is 106 Å². The Morgan fingerprint density at radius 3 is 2.22 bits per heavy atom. The molecule has 0 amide bonds. The van der Waals surface area contributed by atoms with Gasteiger partial charge >= 0.3 is 6.18 Å². The Morgan fingerprint density at radius 1 is 1.28 bits per heavy atom. The molecule has 0 spiro atoms. The molecule has 0 aliphatic rings. The van der Waals surface area contributed by atoms with Gasteiger partial charge in [-0.05, 0) is 18.8 Å². The zero-order chi connectivity index (χ0) is 14.4. The molecule has 0 saturated carbocycles. The van der Waals surface area contributed by atoms with Crippen LogP contribution in [0.5, 0.6) is 0 Å². The van der Waals surface area contributed by atoms with Crippen molar-refractivity contribution in [1.82, 2.24) is 4.72 Å². The number of aliphatic hydroxyl groups is 1. The van der Waals surface area contributed by atoms with Crippen molar-refractivity contribution in [2.45, 2.75) is 45.3 Å². The fourth-order valence-electron chi connectivity index (χ4n) is 1.50. The Bertz CT molecular complexity index is 328. The lowest BCUT2D eigenvalue weighted by Crippen LogP contribution is -2.39. The van der Waals surface area contributed by atoms with Crippen molar-refractivity contribution >= 4 is 10.0 Å². The van der Waals surface area contributed by atoms with Crippen LogP contribution in [0, 0.1) is 5.92 Å². The summed E-state index contributed by atoms with van der Waals surface area (Å²) in [6.45, 7) is 3.36. The Kier molecular flexibility index (Phi) is 7.16. The van der Waals surface area contributed by atoms with Gasteiger partial charge in [-0.1, -0.05) is 13.8 Å². The first-order valence-corrected chi connectivity index (χ1v) is 7.38. The minimum atomic E-state index is -4.34. The van der Waals surface area contributed by atoms with Crippen molar-refractivity contribution in [3.05, 3.63) is 0 Å². The van der Waals surface area contributed by atoms with Crippen molar-refractivity contribution in [2.75, 3.05) is 12.4 Å². The largest absolute Gasteiger partial charge is 0.395 e. The second-order valence-electron chi connectivity index (χ2n) is 4.66. The first kappa shape index (κ1) is 17.7. The SMILES string of the molecule is CC(C)CC(CO)NS(=O)(=O)CCCC(F)(F)F. The highest BCUT2D eigenvalue weighted by molar-refractivity contribution is 7.89. The summed E-state index contributed by atoms with van der Waals surface area (Å²) in [4.78, 5) is 0. The molecule has 0 heterocycles. The fourth-order valence-corrected chi connectivity index (χ4v) is 2.83. The summed E-state index contributed by atoms with van der Waals surface area (Å²) in [7, 11) is -3.77. The third-order valence-electron chi connectivity index (χ3n) is 2.20. The minimum Gasteiger partial charge on any atom is -0.395 e. The molecule has 0 aromatic heterocycles. The van der Waals surface area contributed by atoms with Gasteiger partial charge in [-0.2, -0.15) is 13.2 Å². The molecule has 110 valence electrons. The van der Waals surface area contributed by atoms with E-state index in [-0.39, 0.29) is 12.5 Å². The van der Waals surface area contributed by atoms with Gasteiger partial charge in [-0.15, -0.1) is 0 Å². The molecular formula is C10H20F3NO3S. The van der Waals surface area contributed by atoms with Crippen molar-refractivity contribution in [2.24, 2.45) is 5.92 Å². The average Bonchev–Trinajstić information content (AvgIpc) is 2.12. The van der Waals surface area contributed by atoms with E-state index in [1.807, 2.05) is 13.8 Å². The normalized spacial score (nSPS) is 15.1. The van der Waals surface area contributed by atoms with E-state index in [1.54, 1.807) is 0 Å². The standard InChI is InChI=1S/C10H20F3NO3S/c1-8(2)6-9(7-15)14-18(16,17)5-3-4-10(11,12)13/h8-9,14-15H,3-7H2,1-2H3. The molecule has 18 heavy (non-hydrogen) atoms. The highest BCUT2D eigenvalue weighted by Crippen LogP contribution is 2.21.